The Morgan fingerprint density at radius 1 is 1.23 bits per heavy atom. The van der Waals surface area contributed by atoms with Crippen LogP contribution in [-0.2, 0) is 4.79 Å². The van der Waals surface area contributed by atoms with Gasteiger partial charge in [0.25, 0.3) is 0 Å². The Labute approximate surface area is 155 Å². The van der Waals surface area contributed by atoms with Gasteiger partial charge in [0, 0.05) is 18.5 Å². The molecule has 26 heavy (non-hydrogen) atoms. The summed E-state index contributed by atoms with van der Waals surface area (Å²) in [7, 11) is 1.60. The molecule has 1 unspecified atom stereocenters. The van der Waals surface area contributed by atoms with E-state index < -0.39 is 0 Å². The molecule has 1 atom stereocenters. The van der Waals surface area contributed by atoms with Crippen molar-refractivity contribution in [1.29, 1.82) is 0 Å². The first-order chi connectivity index (χ1) is 12.5. The van der Waals surface area contributed by atoms with Crippen molar-refractivity contribution in [1.82, 2.24) is 10.3 Å². The van der Waals surface area contributed by atoms with Crippen LogP contribution in [0.15, 0.2) is 48.8 Å². The Bertz CT molecular complexity index is 742. The molecule has 0 radical (unpaired) electrons. The van der Waals surface area contributed by atoms with Gasteiger partial charge in [0.05, 0.1) is 19.8 Å². The highest BCUT2D eigenvalue weighted by molar-refractivity contribution is 5.92. The zero-order valence-electron chi connectivity index (χ0n) is 15.7. The fraction of sp³-hybridized carbons (Fsp3) is 0.333. The fourth-order valence-corrected chi connectivity index (χ4v) is 2.31. The predicted octanol–water partition coefficient (Wildman–Crippen LogP) is 4.02. The van der Waals surface area contributed by atoms with Crippen LogP contribution in [0.1, 0.15) is 37.9 Å². The lowest BCUT2D eigenvalue weighted by atomic mass is 10.1. The Hall–Kier alpha value is -2.82. The first kappa shape index (κ1) is 19.5. The monoisotopic (exact) mass is 354 g/mol. The number of carbonyl (C=O) groups excluding carboxylic acids is 1. The maximum absolute atomic E-state index is 12.1. The molecule has 0 fully saturated rings. The maximum atomic E-state index is 12.1. The second-order valence-electron chi connectivity index (χ2n) is 6.47. The number of rotatable bonds is 8. The van der Waals surface area contributed by atoms with Gasteiger partial charge >= 0.3 is 0 Å². The van der Waals surface area contributed by atoms with Crippen LogP contribution >= 0.6 is 0 Å². The molecule has 1 heterocycles. The number of hydrogen-bond donors (Lipinski definition) is 1. The fourth-order valence-electron chi connectivity index (χ4n) is 2.31. The molecule has 1 N–H and O–H groups in total. The van der Waals surface area contributed by atoms with Gasteiger partial charge in [-0.2, -0.15) is 0 Å². The molecule has 0 aliphatic carbocycles. The van der Waals surface area contributed by atoms with E-state index in [1.54, 1.807) is 25.6 Å². The summed E-state index contributed by atoms with van der Waals surface area (Å²) < 4.78 is 11.1. The molecule has 2 rings (SSSR count). The van der Waals surface area contributed by atoms with Crippen molar-refractivity contribution in [3.8, 4) is 11.5 Å². The third kappa shape index (κ3) is 5.92. The number of carbonyl (C=O) groups is 1. The number of amides is 1. The lowest BCUT2D eigenvalue weighted by molar-refractivity contribution is -0.117. The second-order valence-corrected chi connectivity index (χ2v) is 6.47. The Balaban J connectivity index is 1.99. The van der Waals surface area contributed by atoms with E-state index >= 15 is 0 Å². The minimum Gasteiger partial charge on any atom is -0.493 e. The molecule has 0 saturated carbocycles. The van der Waals surface area contributed by atoms with E-state index in [1.807, 2.05) is 37.3 Å². The van der Waals surface area contributed by atoms with Gasteiger partial charge in [0.1, 0.15) is 0 Å². The molecule has 0 aliphatic heterocycles. The molecule has 1 aromatic heterocycles. The normalized spacial score (nSPS) is 12.2. The SMILES string of the molecule is COc1cc(/C=C/C(=O)NC(C)c2cccnc2)ccc1OCC(C)C. The molecule has 1 amide bonds. The number of nitrogens with one attached hydrogen (secondary N) is 1. The molecular weight excluding hydrogens is 328 g/mol. The number of ether oxygens (including phenoxy) is 2. The smallest absolute Gasteiger partial charge is 0.244 e. The summed E-state index contributed by atoms with van der Waals surface area (Å²) in [6.45, 7) is 6.73. The van der Waals surface area contributed by atoms with E-state index in [2.05, 4.69) is 24.1 Å². The second kappa shape index (κ2) is 9.61. The van der Waals surface area contributed by atoms with Gasteiger partial charge in [-0.3, -0.25) is 9.78 Å². The molecule has 5 heteroatoms. The highest BCUT2D eigenvalue weighted by atomic mass is 16.5. The van der Waals surface area contributed by atoms with Crippen molar-refractivity contribution in [3.05, 3.63) is 59.9 Å². The summed E-state index contributed by atoms with van der Waals surface area (Å²) in [5.74, 6) is 1.62. The van der Waals surface area contributed by atoms with Gasteiger partial charge in [0.15, 0.2) is 11.5 Å². The predicted molar refractivity (Wildman–Crippen MR) is 103 cm³/mol. The molecule has 5 nitrogen and oxygen atoms in total. The van der Waals surface area contributed by atoms with Crippen LogP contribution in [0.25, 0.3) is 6.08 Å². The van der Waals surface area contributed by atoms with Crippen LogP contribution in [-0.4, -0.2) is 24.6 Å². The van der Waals surface area contributed by atoms with Crippen molar-refractivity contribution in [2.75, 3.05) is 13.7 Å². The molecule has 2 aromatic rings. The number of nitrogens with zero attached hydrogens (tertiary/aromatic N) is 1. The minimum absolute atomic E-state index is 0.109. The zero-order chi connectivity index (χ0) is 18.9. The van der Waals surface area contributed by atoms with Gasteiger partial charge in [-0.15, -0.1) is 0 Å². The van der Waals surface area contributed by atoms with Crippen molar-refractivity contribution in [3.63, 3.8) is 0 Å². The highest BCUT2D eigenvalue weighted by Crippen LogP contribution is 2.29. The summed E-state index contributed by atoms with van der Waals surface area (Å²) in [4.78, 5) is 16.2. The van der Waals surface area contributed by atoms with Gasteiger partial charge in [-0.05, 0) is 48.2 Å². The minimum atomic E-state index is -0.166. The van der Waals surface area contributed by atoms with E-state index in [1.165, 1.54) is 6.08 Å². The molecule has 0 saturated heterocycles. The highest BCUT2D eigenvalue weighted by Gasteiger charge is 2.08. The van der Waals surface area contributed by atoms with Gasteiger partial charge in [-0.25, -0.2) is 0 Å². The lowest BCUT2D eigenvalue weighted by Crippen LogP contribution is -2.24. The van der Waals surface area contributed by atoms with Gasteiger partial charge in [-0.1, -0.05) is 26.0 Å². The van der Waals surface area contributed by atoms with Crippen molar-refractivity contribution in [2.24, 2.45) is 5.92 Å². The van der Waals surface area contributed by atoms with Gasteiger partial charge < -0.3 is 14.8 Å². The average molecular weight is 354 g/mol. The number of hydrogen-bond acceptors (Lipinski definition) is 4. The van der Waals surface area contributed by atoms with Crippen LogP contribution in [0.5, 0.6) is 11.5 Å². The molecule has 1 aromatic carbocycles. The van der Waals surface area contributed by atoms with Crippen LogP contribution in [0.4, 0.5) is 0 Å². The third-order valence-corrected chi connectivity index (χ3v) is 3.73. The zero-order valence-corrected chi connectivity index (χ0v) is 15.7. The molecule has 0 spiro atoms. The first-order valence-electron chi connectivity index (χ1n) is 8.69. The van der Waals surface area contributed by atoms with Crippen LogP contribution in [0, 0.1) is 5.92 Å². The quantitative estimate of drug-likeness (QED) is 0.728. The Kier molecular flexibility index (Phi) is 7.21. The van der Waals surface area contributed by atoms with E-state index in [0.717, 1.165) is 11.1 Å². The largest absolute Gasteiger partial charge is 0.493 e. The molecule has 0 bridgehead atoms. The summed E-state index contributed by atoms with van der Waals surface area (Å²) in [5.41, 5.74) is 1.82. The summed E-state index contributed by atoms with van der Waals surface area (Å²) in [5, 5.41) is 2.92. The average Bonchev–Trinajstić information content (AvgIpc) is 2.65. The van der Waals surface area contributed by atoms with Gasteiger partial charge in [0.2, 0.25) is 5.91 Å². The van der Waals surface area contributed by atoms with E-state index in [-0.39, 0.29) is 11.9 Å². The summed E-state index contributed by atoms with van der Waals surface area (Å²) >= 11 is 0. The Morgan fingerprint density at radius 2 is 2.04 bits per heavy atom. The van der Waals surface area contributed by atoms with Crippen LogP contribution in [0.3, 0.4) is 0 Å². The lowest BCUT2D eigenvalue weighted by Gasteiger charge is -2.13. The van der Waals surface area contributed by atoms with E-state index in [9.17, 15) is 4.79 Å². The molecule has 0 aliphatic rings. The Morgan fingerprint density at radius 3 is 2.69 bits per heavy atom. The number of methoxy groups -OCH3 is 1. The van der Waals surface area contributed by atoms with Crippen LogP contribution < -0.4 is 14.8 Å². The van der Waals surface area contributed by atoms with Crippen molar-refractivity contribution in [2.45, 2.75) is 26.8 Å². The standard InChI is InChI=1S/C21H26N2O3/c1-15(2)14-26-19-9-7-17(12-20(19)25-4)8-10-21(24)23-16(3)18-6-5-11-22-13-18/h5-13,15-16H,14H2,1-4H3,(H,23,24)/b10-8+. The number of aromatic nitrogens is 1. The summed E-state index contributed by atoms with van der Waals surface area (Å²) in [6.07, 6.45) is 6.71. The molecular formula is C21H26N2O3. The first-order valence-corrected chi connectivity index (χ1v) is 8.69. The molecule has 138 valence electrons. The summed E-state index contributed by atoms with van der Waals surface area (Å²) in [6, 6.07) is 9.28. The topological polar surface area (TPSA) is 60.5 Å². The van der Waals surface area contributed by atoms with E-state index in [0.29, 0.717) is 24.0 Å². The van der Waals surface area contributed by atoms with Crippen molar-refractivity contribution < 1.29 is 14.3 Å². The van der Waals surface area contributed by atoms with Crippen LogP contribution in [0.2, 0.25) is 0 Å². The van der Waals surface area contributed by atoms with E-state index in [4.69, 9.17) is 9.47 Å². The maximum Gasteiger partial charge on any atom is 0.244 e. The van der Waals surface area contributed by atoms with Crippen molar-refractivity contribution >= 4 is 12.0 Å². The third-order valence-electron chi connectivity index (χ3n) is 3.73. The number of pyridine rings is 1. The number of benzene rings is 1.